The highest BCUT2D eigenvalue weighted by atomic mass is 16.1. The van der Waals surface area contributed by atoms with Gasteiger partial charge in [0.25, 0.3) is 5.91 Å². The number of hydrogen-bond acceptors (Lipinski definition) is 3. The molecular formula is C14H23N3O. The molecular weight excluding hydrogens is 226 g/mol. The minimum absolute atomic E-state index is 0.0347. The van der Waals surface area contributed by atoms with Crippen LogP contribution in [0.1, 0.15) is 45.1 Å². The molecule has 0 bridgehead atoms. The summed E-state index contributed by atoms with van der Waals surface area (Å²) in [4.78, 5) is 16.0. The number of nitrogens with one attached hydrogen (secondary N) is 2. The Morgan fingerprint density at radius 1 is 1.39 bits per heavy atom. The summed E-state index contributed by atoms with van der Waals surface area (Å²) in [5, 5.41) is 6.18. The molecule has 0 fully saturated rings. The summed E-state index contributed by atoms with van der Waals surface area (Å²) in [6.45, 7) is 11.0. The van der Waals surface area contributed by atoms with Gasteiger partial charge in [-0.1, -0.05) is 13.8 Å². The van der Waals surface area contributed by atoms with Crippen LogP contribution in [0.3, 0.4) is 0 Å². The summed E-state index contributed by atoms with van der Waals surface area (Å²) >= 11 is 0. The number of nitrogens with zero attached hydrogens (tertiary/aromatic N) is 1. The molecule has 0 atom stereocenters. The summed E-state index contributed by atoms with van der Waals surface area (Å²) in [7, 11) is 0. The Morgan fingerprint density at radius 2 is 2.06 bits per heavy atom. The van der Waals surface area contributed by atoms with E-state index >= 15 is 0 Å². The first-order valence-electron chi connectivity index (χ1n) is 6.30. The van der Waals surface area contributed by atoms with Crippen LogP contribution >= 0.6 is 0 Å². The predicted molar refractivity (Wildman–Crippen MR) is 74.8 cm³/mol. The van der Waals surface area contributed by atoms with Crippen LogP contribution in [0.25, 0.3) is 0 Å². The van der Waals surface area contributed by atoms with Crippen LogP contribution in [0.5, 0.6) is 0 Å². The van der Waals surface area contributed by atoms with Crippen LogP contribution in [-0.4, -0.2) is 23.0 Å². The number of rotatable bonds is 4. The molecule has 0 aliphatic rings. The van der Waals surface area contributed by atoms with Gasteiger partial charge in [-0.25, -0.2) is 0 Å². The lowest BCUT2D eigenvalue weighted by Gasteiger charge is -2.22. The van der Waals surface area contributed by atoms with Crippen LogP contribution in [0.4, 0.5) is 5.69 Å². The topological polar surface area (TPSA) is 54.0 Å². The van der Waals surface area contributed by atoms with Gasteiger partial charge in [-0.15, -0.1) is 0 Å². The van der Waals surface area contributed by atoms with Crippen molar-refractivity contribution >= 4 is 11.6 Å². The summed E-state index contributed by atoms with van der Waals surface area (Å²) in [5.74, 6) is 0.311. The maximum Gasteiger partial charge on any atom is 0.269 e. The van der Waals surface area contributed by atoms with Gasteiger partial charge in [0.15, 0.2) is 0 Å². The third kappa shape index (κ3) is 5.17. The van der Waals surface area contributed by atoms with E-state index in [-0.39, 0.29) is 11.4 Å². The first kappa shape index (κ1) is 14.5. The Balaban J connectivity index is 2.72. The van der Waals surface area contributed by atoms with Gasteiger partial charge in [-0.05, 0) is 38.8 Å². The molecule has 4 heteroatoms. The van der Waals surface area contributed by atoms with Gasteiger partial charge in [-0.3, -0.25) is 9.78 Å². The first-order chi connectivity index (χ1) is 8.28. The summed E-state index contributed by atoms with van der Waals surface area (Å²) < 4.78 is 0. The van der Waals surface area contributed by atoms with Gasteiger partial charge in [0.05, 0.1) is 0 Å². The lowest BCUT2D eigenvalue weighted by molar-refractivity contribution is 0.0944. The van der Waals surface area contributed by atoms with Crippen molar-refractivity contribution in [2.24, 2.45) is 5.92 Å². The Kier molecular flexibility index (Phi) is 4.70. The molecule has 1 aromatic rings. The summed E-state index contributed by atoms with van der Waals surface area (Å²) in [5.41, 5.74) is 1.32. The van der Waals surface area contributed by atoms with Gasteiger partial charge in [0.1, 0.15) is 5.69 Å². The largest absolute Gasteiger partial charge is 0.380 e. The fourth-order valence-corrected chi connectivity index (χ4v) is 1.45. The molecule has 100 valence electrons. The van der Waals surface area contributed by atoms with Crippen LogP contribution in [0.2, 0.25) is 0 Å². The van der Waals surface area contributed by atoms with Crippen molar-refractivity contribution in [1.29, 1.82) is 0 Å². The quantitative estimate of drug-likeness (QED) is 0.862. The van der Waals surface area contributed by atoms with E-state index in [0.29, 0.717) is 18.2 Å². The van der Waals surface area contributed by atoms with Crippen LogP contribution in [0, 0.1) is 5.92 Å². The average molecular weight is 249 g/mol. The maximum atomic E-state index is 11.9. The molecule has 0 aliphatic carbocycles. The van der Waals surface area contributed by atoms with Gasteiger partial charge >= 0.3 is 0 Å². The number of carbonyl (C=O) groups is 1. The van der Waals surface area contributed by atoms with E-state index in [2.05, 4.69) is 50.2 Å². The highest BCUT2D eigenvalue weighted by Gasteiger charge is 2.12. The second kappa shape index (κ2) is 5.85. The Bertz CT molecular complexity index is 408. The fraction of sp³-hybridized carbons (Fsp3) is 0.571. The van der Waals surface area contributed by atoms with E-state index in [4.69, 9.17) is 0 Å². The number of hydrogen-bond donors (Lipinski definition) is 2. The van der Waals surface area contributed by atoms with E-state index in [0.717, 1.165) is 5.69 Å². The monoisotopic (exact) mass is 249 g/mol. The zero-order valence-electron chi connectivity index (χ0n) is 11.9. The molecule has 0 spiro atoms. The lowest BCUT2D eigenvalue weighted by Crippen LogP contribution is -2.29. The first-order valence-corrected chi connectivity index (χ1v) is 6.30. The molecule has 1 heterocycles. The summed E-state index contributed by atoms with van der Waals surface area (Å²) in [6, 6.07) is 3.64. The second-order valence-corrected chi connectivity index (χ2v) is 5.91. The number of anilines is 1. The van der Waals surface area contributed by atoms with E-state index in [1.54, 1.807) is 12.3 Å². The molecule has 0 unspecified atom stereocenters. The number of amides is 1. The van der Waals surface area contributed by atoms with Gasteiger partial charge in [-0.2, -0.15) is 0 Å². The van der Waals surface area contributed by atoms with E-state index in [1.165, 1.54) is 0 Å². The standard InChI is InChI=1S/C14H23N3O/c1-10(2)9-16-13(18)12-8-11(6-7-15-12)17-14(3,4)5/h6-8,10H,9H2,1-5H3,(H,15,17)(H,16,18). The van der Waals surface area contributed by atoms with Crippen molar-refractivity contribution in [3.63, 3.8) is 0 Å². The molecule has 0 saturated heterocycles. The Labute approximate surface area is 109 Å². The van der Waals surface area contributed by atoms with Gasteiger partial charge in [0.2, 0.25) is 0 Å². The molecule has 1 rings (SSSR count). The molecule has 1 aromatic heterocycles. The normalized spacial score (nSPS) is 11.4. The molecule has 0 aromatic carbocycles. The van der Waals surface area contributed by atoms with Crippen LogP contribution in [-0.2, 0) is 0 Å². The summed E-state index contributed by atoms with van der Waals surface area (Å²) in [6.07, 6.45) is 1.65. The molecule has 4 nitrogen and oxygen atoms in total. The zero-order chi connectivity index (χ0) is 13.8. The molecule has 0 radical (unpaired) electrons. The minimum atomic E-state index is -0.124. The van der Waals surface area contributed by atoms with Crippen molar-refractivity contribution in [3.8, 4) is 0 Å². The molecule has 18 heavy (non-hydrogen) atoms. The third-order valence-electron chi connectivity index (χ3n) is 2.18. The fourth-order valence-electron chi connectivity index (χ4n) is 1.45. The smallest absolute Gasteiger partial charge is 0.269 e. The van der Waals surface area contributed by atoms with Crippen molar-refractivity contribution in [3.05, 3.63) is 24.0 Å². The van der Waals surface area contributed by atoms with Crippen molar-refractivity contribution in [2.75, 3.05) is 11.9 Å². The number of carbonyl (C=O) groups excluding carboxylic acids is 1. The Morgan fingerprint density at radius 3 is 2.61 bits per heavy atom. The van der Waals surface area contributed by atoms with E-state index in [9.17, 15) is 4.79 Å². The van der Waals surface area contributed by atoms with Crippen molar-refractivity contribution in [1.82, 2.24) is 10.3 Å². The van der Waals surface area contributed by atoms with Crippen LogP contribution in [0.15, 0.2) is 18.3 Å². The highest BCUT2D eigenvalue weighted by molar-refractivity contribution is 5.93. The number of aromatic nitrogens is 1. The van der Waals surface area contributed by atoms with Crippen LogP contribution < -0.4 is 10.6 Å². The Hall–Kier alpha value is -1.58. The van der Waals surface area contributed by atoms with Gasteiger partial charge in [0, 0.05) is 24.0 Å². The minimum Gasteiger partial charge on any atom is -0.380 e. The molecule has 0 saturated carbocycles. The SMILES string of the molecule is CC(C)CNC(=O)c1cc(NC(C)(C)C)ccn1. The predicted octanol–water partition coefficient (Wildman–Crippen LogP) is 2.68. The maximum absolute atomic E-state index is 11.9. The number of pyridine rings is 1. The third-order valence-corrected chi connectivity index (χ3v) is 2.18. The average Bonchev–Trinajstić information content (AvgIpc) is 2.23. The lowest BCUT2D eigenvalue weighted by atomic mass is 10.1. The second-order valence-electron chi connectivity index (χ2n) is 5.91. The van der Waals surface area contributed by atoms with E-state index in [1.807, 2.05) is 6.07 Å². The van der Waals surface area contributed by atoms with Crippen molar-refractivity contribution < 1.29 is 4.79 Å². The highest BCUT2D eigenvalue weighted by Crippen LogP contribution is 2.14. The van der Waals surface area contributed by atoms with Crippen molar-refractivity contribution in [2.45, 2.75) is 40.2 Å². The molecule has 1 amide bonds. The molecule has 0 aliphatic heterocycles. The van der Waals surface area contributed by atoms with E-state index < -0.39 is 0 Å². The zero-order valence-corrected chi connectivity index (χ0v) is 11.9. The van der Waals surface area contributed by atoms with Gasteiger partial charge < -0.3 is 10.6 Å². The molecule has 2 N–H and O–H groups in total.